The van der Waals surface area contributed by atoms with Gasteiger partial charge in [0.2, 0.25) is 0 Å². The zero-order chi connectivity index (χ0) is 12.3. The number of hydrogen-bond donors (Lipinski definition) is 2. The molecule has 17 heavy (non-hydrogen) atoms. The highest BCUT2D eigenvalue weighted by molar-refractivity contribution is 5.33. The first-order valence-corrected chi connectivity index (χ1v) is 5.94. The van der Waals surface area contributed by atoms with Gasteiger partial charge in [-0.15, -0.1) is 0 Å². The Kier molecular flexibility index (Phi) is 3.97. The largest absolute Gasteiger partial charge is 0.496 e. The van der Waals surface area contributed by atoms with Crippen LogP contribution in [0.5, 0.6) is 5.75 Å². The minimum absolute atomic E-state index is 0.114. The van der Waals surface area contributed by atoms with Crippen molar-refractivity contribution in [2.24, 2.45) is 0 Å². The van der Waals surface area contributed by atoms with Crippen LogP contribution >= 0.6 is 0 Å². The number of halogens is 1. The Morgan fingerprint density at radius 3 is 2.94 bits per heavy atom. The first-order valence-electron chi connectivity index (χ1n) is 5.94. The number of aliphatic hydroxyl groups excluding tert-OH is 1. The molecule has 0 radical (unpaired) electrons. The summed E-state index contributed by atoms with van der Waals surface area (Å²) >= 11 is 0. The van der Waals surface area contributed by atoms with E-state index in [1.807, 2.05) is 0 Å². The SMILES string of the molecule is COc1ccc(F)cc1CNC1CCCC1O. The molecule has 1 aromatic rings. The second-order valence-electron chi connectivity index (χ2n) is 4.44. The third kappa shape index (κ3) is 2.96. The van der Waals surface area contributed by atoms with Crippen molar-refractivity contribution >= 4 is 0 Å². The molecule has 94 valence electrons. The molecule has 0 aliphatic heterocycles. The van der Waals surface area contributed by atoms with Crippen molar-refractivity contribution in [2.75, 3.05) is 7.11 Å². The van der Waals surface area contributed by atoms with Crippen molar-refractivity contribution in [3.63, 3.8) is 0 Å². The lowest BCUT2D eigenvalue weighted by Gasteiger charge is -2.17. The lowest BCUT2D eigenvalue weighted by molar-refractivity contribution is 0.148. The van der Waals surface area contributed by atoms with Crippen molar-refractivity contribution in [3.8, 4) is 5.75 Å². The summed E-state index contributed by atoms with van der Waals surface area (Å²) < 4.78 is 18.3. The van der Waals surface area contributed by atoms with Crippen molar-refractivity contribution in [1.82, 2.24) is 5.32 Å². The summed E-state index contributed by atoms with van der Waals surface area (Å²) in [5.41, 5.74) is 0.784. The molecule has 0 amide bonds. The highest BCUT2D eigenvalue weighted by atomic mass is 19.1. The smallest absolute Gasteiger partial charge is 0.123 e. The lowest BCUT2D eigenvalue weighted by atomic mass is 10.1. The summed E-state index contributed by atoms with van der Waals surface area (Å²) in [5.74, 6) is 0.404. The average Bonchev–Trinajstić information content (AvgIpc) is 2.72. The van der Waals surface area contributed by atoms with Gasteiger partial charge in [-0.2, -0.15) is 0 Å². The third-order valence-electron chi connectivity index (χ3n) is 3.28. The molecule has 0 saturated heterocycles. The summed E-state index contributed by atoms with van der Waals surface area (Å²) in [5, 5.41) is 12.9. The van der Waals surface area contributed by atoms with Gasteiger partial charge in [0.05, 0.1) is 13.2 Å². The number of ether oxygens (including phenoxy) is 1. The fraction of sp³-hybridized carbons (Fsp3) is 0.538. The number of rotatable bonds is 4. The maximum Gasteiger partial charge on any atom is 0.123 e. The monoisotopic (exact) mass is 239 g/mol. The molecule has 1 fully saturated rings. The van der Waals surface area contributed by atoms with Crippen molar-refractivity contribution < 1.29 is 14.2 Å². The molecule has 0 spiro atoms. The Morgan fingerprint density at radius 2 is 2.29 bits per heavy atom. The molecule has 1 aliphatic carbocycles. The summed E-state index contributed by atoms with van der Waals surface area (Å²) in [6.07, 6.45) is 2.57. The molecule has 2 unspecified atom stereocenters. The molecule has 4 heteroatoms. The molecule has 0 bridgehead atoms. The molecule has 1 aromatic carbocycles. The van der Waals surface area contributed by atoms with E-state index in [4.69, 9.17) is 4.74 Å². The first kappa shape index (κ1) is 12.3. The molecule has 1 saturated carbocycles. The van der Waals surface area contributed by atoms with Gasteiger partial charge in [0.25, 0.3) is 0 Å². The van der Waals surface area contributed by atoms with E-state index in [-0.39, 0.29) is 18.0 Å². The Balaban J connectivity index is 2.00. The van der Waals surface area contributed by atoms with Gasteiger partial charge in [-0.3, -0.25) is 0 Å². The molecular formula is C13H18FNO2. The second kappa shape index (κ2) is 5.47. The van der Waals surface area contributed by atoms with E-state index >= 15 is 0 Å². The van der Waals surface area contributed by atoms with Crippen LogP contribution in [0.15, 0.2) is 18.2 Å². The molecular weight excluding hydrogens is 221 g/mol. The van der Waals surface area contributed by atoms with Crippen molar-refractivity contribution in [1.29, 1.82) is 0 Å². The van der Waals surface area contributed by atoms with E-state index in [0.29, 0.717) is 12.3 Å². The van der Waals surface area contributed by atoms with Crippen LogP contribution in [0, 0.1) is 5.82 Å². The molecule has 0 aromatic heterocycles. The number of aliphatic hydroxyl groups is 1. The van der Waals surface area contributed by atoms with Gasteiger partial charge in [0.1, 0.15) is 11.6 Å². The van der Waals surface area contributed by atoms with E-state index in [1.54, 1.807) is 13.2 Å². The zero-order valence-corrected chi connectivity index (χ0v) is 9.95. The van der Waals surface area contributed by atoms with Crippen LogP contribution in [0.1, 0.15) is 24.8 Å². The van der Waals surface area contributed by atoms with E-state index in [9.17, 15) is 9.50 Å². The predicted octanol–water partition coefficient (Wildman–Crippen LogP) is 1.84. The van der Waals surface area contributed by atoms with Crippen molar-refractivity contribution in [2.45, 2.75) is 38.0 Å². The Morgan fingerprint density at radius 1 is 1.47 bits per heavy atom. The topological polar surface area (TPSA) is 41.5 Å². The summed E-state index contributed by atoms with van der Waals surface area (Å²) in [6, 6.07) is 4.58. The van der Waals surface area contributed by atoms with Crippen LogP contribution < -0.4 is 10.1 Å². The normalized spacial score (nSPS) is 23.9. The van der Waals surface area contributed by atoms with E-state index < -0.39 is 0 Å². The van der Waals surface area contributed by atoms with Crippen LogP contribution in [0.3, 0.4) is 0 Å². The van der Waals surface area contributed by atoms with E-state index in [1.165, 1.54) is 12.1 Å². The van der Waals surface area contributed by atoms with Crippen LogP contribution in [-0.4, -0.2) is 24.4 Å². The first-order chi connectivity index (χ1) is 8.20. The van der Waals surface area contributed by atoms with Gasteiger partial charge < -0.3 is 15.2 Å². The fourth-order valence-electron chi connectivity index (χ4n) is 2.30. The Labute approximate surface area is 101 Å². The van der Waals surface area contributed by atoms with Gasteiger partial charge >= 0.3 is 0 Å². The predicted molar refractivity (Wildman–Crippen MR) is 63.4 cm³/mol. The van der Waals surface area contributed by atoms with Gasteiger partial charge in [-0.05, 0) is 37.5 Å². The van der Waals surface area contributed by atoms with Gasteiger partial charge in [-0.1, -0.05) is 0 Å². The molecule has 3 nitrogen and oxygen atoms in total. The third-order valence-corrected chi connectivity index (χ3v) is 3.28. The second-order valence-corrected chi connectivity index (χ2v) is 4.44. The number of nitrogens with one attached hydrogen (secondary N) is 1. The van der Waals surface area contributed by atoms with Gasteiger partial charge in [-0.25, -0.2) is 4.39 Å². The van der Waals surface area contributed by atoms with Gasteiger partial charge in [0, 0.05) is 18.2 Å². The zero-order valence-electron chi connectivity index (χ0n) is 9.95. The molecule has 1 aliphatic rings. The summed E-state index contributed by atoms with van der Waals surface area (Å²) in [4.78, 5) is 0. The molecule has 0 heterocycles. The quantitative estimate of drug-likeness (QED) is 0.842. The van der Waals surface area contributed by atoms with Crippen LogP contribution in [0.2, 0.25) is 0 Å². The van der Waals surface area contributed by atoms with Gasteiger partial charge in [0.15, 0.2) is 0 Å². The summed E-state index contributed by atoms with van der Waals surface area (Å²) in [7, 11) is 1.57. The fourth-order valence-corrected chi connectivity index (χ4v) is 2.30. The molecule has 2 rings (SSSR count). The standard InChI is InChI=1S/C13H18FNO2/c1-17-13-6-5-10(14)7-9(13)8-15-11-3-2-4-12(11)16/h5-7,11-12,15-16H,2-4,8H2,1H3. The number of methoxy groups -OCH3 is 1. The van der Waals surface area contributed by atoms with Crippen LogP contribution in [-0.2, 0) is 6.54 Å². The van der Waals surface area contributed by atoms with E-state index in [0.717, 1.165) is 24.8 Å². The Bertz CT molecular complexity index is 384. The number of benzene rings is 1. The Hall–Kier alpha value is -1.13. The minimum Gasteiger partial charge on any atom is -0.496 e. The maximum atomic E-state index is 13.1. The summed E-state index contributed by atoms with van der Waals surface area (Å²) in [6.45, 7) is 0.517. The maximum absolute atomic E-state index is 13.1. The lowest BCUT2D eigenvalue weighted by Crippen LogP contribution is -2.35. The average molecular weight is 239 g/mol. The highest BCUT2D eigenvalue weighted by Crippen LogP contribution is 2.22. The number of hydrogen-bond acceptors (Lipinski definition) is 3. The molecule has 2 N–H and O–H groups in total. The van der Waals surface area contributed by atoms with Crippen LogP contribution in [0.4, 0.5) is 4.39 Å². The molecule has 2 atom stereocenters. The minimum atomic E-state index is -0.283. The highest BCUT2D eigenvalue weighted by Gasteiger charge is 2.24. The van der Waals surface area contributed by atoms with Crippen LogP contribution in [0.25, 0.3) is 0 Å². The van der Waals surface area contributed by atoms with Crippen molar-refractivity contribution in [3.05, 3.63) is 29.6 Å². The van der Waals surface area contributed by atoms with E-state index in [2.05, 4.69) is 5.32 Å².